The first-order chi connectivity index (χ1) is 11.4. The van der Waals surface area contributed by atoms with Crippen LogP contribution in [0.3, 0.4) is 0 Å². The van der Waals surface area contributed by atoms with Gasteiger partial charge in [0.1, 0.15) is 5.54 Å². The van der Waals surface area contributed by atoms with Crippen molar-refractivity contribution in [1.82, 2.24) is 10.2 Å². The van der Waals surface area contributed by atoms with Crippen LogP contribution in [0.1, 0.15) is 30.9 Å². The van der Waals surface area contributed by atoms with E-state index in [1.807, 2.05) is 24.3 Å². The number of nitrogens with zero attached hydrogens (tertiary/aromatic N) is 2. The maximum absolute atomic E-state index is 12.4. The highest BCUT2D eigenvalue weighted by Crippen LogP contribution is 2.39. The molecule has 1 heterocycles. The average Bonchev–Trinajstić information content (AvgIpc) is 3.39. The van der Waals surface area contributed by atoms with Crippen molar-refractivity contribution in [2.45, 2.75) is 44.3 Å². The lowest BCUT2D eigenvalue weighted by atomic mass is 9.93. The second-order valence-corrected chi connectivity index (χ2v) is 6.93. The molecule has 1 aliphatic heterocycles. The second-order valence-electron chi connectivity index (χ2n) is 6.93. The topological polar surface area (TPSA) is 99.2 Å². The normalized spacial score (nSPS) is 22.8. The first kappa shape index (κ1) is 16.5. The molecular weight excluding hydrogens is 304 g/mol. The Morgan fingerprint density at radius 1 is 1.38 bits per heavy atom. The molecule has 0 unspecified atom stereocenters. The minimum absolute atomic E-state index is 0.0614. The van der Waals surface area contributed by atoms with Gasteiger partial charge in [-0.2, -0.15) is 5.26 Å². The maximum atomic E-state index is 12.4. The fourth-order valence-corrected chi connectivity index (χ4v) is 3.42. The van der Waals surface area contributed by atoms with Gasteiger partial charge in [0.05, 0.1) is 18.7 Å². The Hall–Kier alpha value is -2.39. The number of carbonyl (C=O) groups excluding carboxylic acids is 2. The summed E-state index contributed by atoms with van der Waals surface area (Å²) in [5, 5.41) is 12.2. The molecule has 1 fully saturated rings. The van der Waals surface area contributed by atoms with Crippen molar-refractivity contribution in [1.29, 1.82) is 5.26 Å². The van der Waals surface area contributed by atoms with Crippen molar-refractivity contribution in [2.75, 3.05) is 6.54 Å². The van der Waals surface area contributed by atoms with Crippen LogP contribution in [-0.4, -0.2) is 34.8 Å². The molecule has 2 amide bonds. The van der Waals surface area contributed by atoms with E-state index >= 15 is 0 Å². The number of primary amides is 1. The van der Waals surface area contributed by atoms with Gasteiger partial charge in [-0.3, -0.25) is 14.5 Å². The van der Waals surface area contributed by atoms with Gasteiger partial charge in [-0.05, 0) is 43.2 Å². The highest BCUT2D eigenvalue weighted by atomic mass is 16.2. The quantitative estimate of drug-likeness (QED) is 0.832. The number of nitrogens with one attached hydrogen (secondary N) is 1. The van der Waals surface area contributed by atoms with Crippen molar-refractivity contribution in [3.8, 4) is 6.07 Å². The third-order valence-electron chi connectivity index (χ3n) is 5.05. The minimum Gasteiger partial charge on any atom is -0.368 e. The molecule has 24 heavy (non-hydrogen) atoms. The van der Waals surface area contributed by atoms with Gasteiger partial charge in [-0.15, -0.1) is 0 Å². The summed E-state index contributed by atoms with van der Waals surface area (Å²) in [4.78, 5) is 26.1. The van der Waals surface area contributed by atoms with E-state index in [-0.39, 0.29) is 18.4 Å². The summed E-state index contributed by atoms with van der Waals surface area (Å²) in [6.07, 6.45) is 2.44. The van der Waals surface area contributed by atoms with Crippen LogP contribution in [0.25, 0.3) is 0 Å². The molecule has 1 saturated carbocycles. The number of nitrogens with two attached hydrogens (primary N) is 1. The Bertz CT molecular complexity index is 707. The Morgan fingerprint density at radius 3 is 2.62 bits per heavy atom. The third kappa shape index (κ3) is 3.26. The van der Waals surface area contributed by atoms with Crippen molar-refractivity contribution in [3.63, 3.8) is 0 Å². The van der Waals surface area contributed by atoms with Gasteiger partial charge < -0.3 is 11.1 Å². The van der Waals surface area contributed by atoms with E-state index in [1.165, 1.54) is 0 Å². The summed E-state index contributed by atoms with van der Waals surface area (Å²) >= 11 is 0. The van der Waals surface area contributed by atoms with E-state index < -0.39 is 17.5 Å². The van der Waals surface area contributed by atoms with Gasteiger partial charge in [-0.1, -0.05) is 24.3 Å². The molecule has 3 N–H and O–H groups in total. The fourth-order valence-electron chi connectivity index (χ4n) is 3.42. The summed E-state index contributed by atoms with van der Waals surface area (Å²) in [5.74, 6) is -0.445. The number of hydrogen-bond donors (Lipinski definition) is 2. The first-order valence-corrected chi connectivity index (χ1v) is 8.25. The number of rotatable bonds is 5. The molecule has 6 nitrogen and oxygen atoms in total. The summed E-state index contributed by atoms with van der Waals surface area (Å²) in [6.45, 7) is 2.33. The van der Waals surface area contributed by atoms with Crippen molar-refractivity contribution in [3.05, 3.63) is 35.4 Å². The summed E-state index contributed by atoms with van der Waals surface area (Å²) in [7, 11) is 0. The molecule has 0 spiro atoms. The van der Waals surface area contributed by atoms with Crippen LogP contribution in [0, 0.1) is 17.2 Å². The van der Waals surface area contributed by atoms with E-state index in [4.69, 9.17) is 5.73 Å². The van der Waals surface area contributed by atoms with Crippen LogP contribution in [0.15, 0.2) is 24.3 Å². The maximum Gasteiger partial charge on any atom is 0.235 e. The lowest BCUT2D eigenvalue weighted by Gasteiger charge is -2.35. The van der Waals surface area contributed by atoms with E-state index in [0.717, 1.165) is 24.0 Å². The molecule has 0 radical (unpaired) electrons. The SMILES string of the molecule is C[C@](C#N)(NC(=O)CN1Cc2ccccc2C[C@H]1C(N)=O)C1CC1. The standard InChI is InChI=1S/C18H22N4O2/c1-18(11-19,14-6-7-14)21-16(23)10-22-9-13-5-3-2-4-12(13)8-15(22)17(20)24/h2-5,14-15H,6-10H2,1H3,(H2,20,24)(H,21,23)/t15-,18+/m0/s1. The number of benzene rings is 1. The summed E-state index contributed by atoms with van der Waals surface area (Å²) in [6, 6.07) is 9.59. The predicted molar refractivity (Wildman–Crippen MR) is 88.4 cm³/mol. The predicted octanol–water partition coefficient (Wildman–Crippen LogP) is 0.707. The van der Waals surface area contributed by atoms with Gasteiger partial charge in [0.25, 0.3) is 0 Å². The number of amides is 2. The Balaban J connectivity index is 1.72. The molecular formula is C18H22N4O2. The van der Waals surface area contributed by atoms with E-state index in [1.54, 1.807) is 11.8 Å². The van der Waals surface area contributed by atoms with Gasteiger partial charge in [0.15, 0.2) is 0 Å². The summed E-state index contributed by atoms with van der Waals surface area (Å²) in [5.41, 5.74) is 6.91. The number of fused-ring (bicyclic) bond motifs is 1. The molecule has 126 valence electrons. The molecule has 1 aromatic carbocycles. The average molecular weight is 326 g/mol. The van der Waals surface area contributed by atoms with Crippen LogP contribution in [0.4, 0.5) is 0 Å². The zero-order valence-corrected chi connectivity index (χ0v) is 13.8. The molecule has 6 heteroatoms. The van der Waals surface area contributed by atoms with Gasteiger partial charge in [-0.25, -0.2) is 0 Å². The summed E-state index contributed by atoms with van der Waals surface area (Å²) < 4.78 is 0. The number of hydrogen-bond acceptors (Lipinski definition) is 4. The minimum atomic E-state index is -0.826. The molecule has 3 rings (SSSR count). The van der Waals surface area contributed by atoms with E-state index in [2.05, 4.69) is 11.4 Å². The Labute approximate surface area is 141 Å². The molecule has 0 aromatic heterocycles. The lowest BCUT2D eigenvalue weighted by Crippen LogP contribution is -2.55. The first-order valence-electron chi connectivity index (χ1n) is 8.25. The highest BCUT2D eigenvalue weighted by molar-refractivity contribution is 5.83. The van der Waals surface area contributed by atoms with Crippen LogP contribution in [0.5, 0.6) is 0 Å². The van der Waals surface area contributed by atoms with Gasteiger partial charge in [0, 0.05) is 6.54 Å². The highest BCUT2D eigenvalue weighted by Gasteiger charge is 2.43. The van der Waals surface area contributed by atoms with E-state index in [0.29, 0.717) is 13.0 Å². The molecule has 1 aliphatic carbocycles. The smallest absolute Gasteiger partial charge is 0.235 e. The Kier molecular flexibility index (Phi) is 4.29. The van der Waals surface area contributed by atoms with Crippen molar-refractivity contribution < 1.29 is 9.59 Å². The lowest BCUT2D eigenvalue weighted by molar-refractivity contribution is -0.128. The van der Waals surface area contributed by atoms with Crippen molar-refractivity contribution in [2.24, 2.45) is 11.7 Å². The molecule has 1 aromatic rings. The molecule has 0 bridgehead atoms. The van der Waals surface area contributed by atoms with Crippen LogP contribution < -0.4 is 11.1 Å². The zero-order valence-electron chi connectivity index (χ0n) is 13.8. The zero-order chi connectivity index (χ0) is 17.3. The Morgan fingerprint density at radius 2 is 2.04 bits per heavy atom. The molecule has 2 aliphatic rings. The number of nitriles is 1. The fraction of sp³-hybridized carbons (Fsp3) is 0.500. The van der Waals surface area contributed by atoms with Gasteiger partial charge in [0.2, 0.25) is 11.8 Å². The molecule has 2 atom stereocenters. The molecule has 0 saturated heterocycles. The third-order valence-corrected chi connectivity index (χ3v) is 5.05. The van der Waals surface area contributed by atoms with Crippen LogP contribution in [-0.2, 0) is 22.6 Å². The monoisotopic (exact) mass is 326 g/mol. The number of carbonyl (C=O) groups is 2. The second kappa shape index (κ2) is 6.25. The van der Waals surface area contributed by atoms with Crippen molar-refractivity contribution >= 4 is 11.8 Å². The largest absolute Gasteiger partial charge is 0.368 e. The van der Waals surface area contributed by atoms with E-state index in [9.17, 15) is 14.9 Å². The van der Waals surface area contributed by atoms with Gasteiger partial charge >= 0.3 is 0 Å². The van der Waals surface area contributed by atoms with Crippen LogP contribution in [0.2, 0.25) is 0 Å². The van der Waals surface area contributed by atoms with Crippen LogP contribution >= 0.6 is 0 Å².